The maximum Gasteiger partial charge on any atom is 0.234 e. The number of hydrogen-bond donors (Lipinski definition) is 2. The zero-order valence-corrected chi connectivity index (χ0v) is 11.3. The largest absolute Gasteiger partial charge is 0.381 e. The molecule has 0 aromatic rings. The van der Waals surface area contributed by atoms with E-state index >= 15 is 0 Å². The van der Waals surface area contributed by atoms with Gasteiger partial charge in [0.05, 0.1) is 6.54 Å². The van der Waals surface area contributed by atoms with E-state index < -0.39 is 0 Å². The molecule has 0 radical (unpaired) electrons. The Morgan fingerprint density at radius 3 is 2.59 bits per heavy atom. The summed E-state index contributed by atoms with van der Waals surface area (Å²) in [4.78, 5) is 11.7. The van der Waals surface area contributed by atoms with E-state index in [-0.39, 0.29) is 11.4 Å². The fourth-order valence-corrected chi connectivity index (χ4v) is 2.15. The Balaban J connectivity index is 2.20. The van der Waals surface area contributed by atoms with Gasteiger partial charge in [-0.3, -0.25) is 4.79 Å². The van der Waals surface area contributed by atoms with Crippen LogP contribution < -0.4 is 10.6 Å². The molecule has 0 atom stereocenters. The topological polar surface area (TPSA) is 50.4 Å². The second-order valence-corrected chi connectivity index (χ2v) is 5.44. The normalized spacial score (nSPS) is 18.1. The van der Waals surface area contributed by atoms with Gasteiger partial charge in [0, 0.05) is 24.8 Å². The van der Waals surface area contributed by atoms with E-state index in [1.54, 1.807) is 0 Å². The summed E-state index contributed by atoms with van der Waals surface area (Å²) in [5.41, 5.74) is 0.0434. The average Bonchev–Trinajstić information content (AvgIpc) is 2.28. The van der Waals surface area contributed by atoms with Crippen molar-refractivity contribution in [2.45, 2.75) is 58.0 Å². The Kier molecular flexibility index (Phi) is 5.92. The lowest BCUT2D eigenvalue weighted by Gasteiger charge is -2.27. The van der Waals surface area contributed by atoms with Crippen LogP contribution in [-0.2, 0) is 9.53 Å². The highest BCUT2D eigenvalue weighted by molar-refractivity contribution is 5.78. The van der Waals surface area contributed by atoms with Gasteiger partial charge in [-0.25, -0.2) is 0 Å². The number of carbonyl (C=O) groups excluding carboxylic acids is 1. The number of amides is 1. The second-order valence-electron chi connectivity index (χ2n) is 5.44. The first kappa shape index (κ1) is 14.5. The van der Waals surface area contributed by atoms with Crippen LogP contribution in [0.2, 0.25) is 0 Å². The summed E-state index contributed by atoms with van der Waals surface area (Å²) in [7, 11) is 0. The molecule has 1 fully saturated rings. The van der Waals surface area contributed by atoms with Gasteiger partial charge in [-0.2, -0.15) is 0 Å². The summed E-state index contributed by atoms with van der Waals surface area (Å²) in [6, 6.07) is 0.298. The van der Waals surface area contributed by atoms with Crippen LogP contribution >= 0.6 is 0 Å². The molecule has 2 N–H and O–H groups in total. The van der Waals surface area contributed by atoms with E-state index in [2.05, 4.69) is 31.4 Å². The Morgan fingerprint density at radius 2 is 2.00 bits per heavy atom. The summed E-state index contributed by atoms with van der Waals surface area (Å²) in [6.07, 6.45) is 4.08. The van der Waals surface area contributed by atoms with Gasteiger partial charge in [0.25, 0.3) is 0 Å². The summed E-state index contributed by atoms with van der Waals surface area (Å²) < 4.78 is 5.26. The minimum absolute atomic E-state index is 0.0434. The van der Waals surface area contributed by atoms with Crippen LogP contribution in [0.4, 0.5) is 0 Å². The molecule has 0 aromatic heterocycles. The minimum Gasteiger partial charge on any atom is -0.381 e. The summed E-state index contributed by atoms with van der Waals surface area (Å²) in [5.74, 6) is 0.0982. The summed E-state index contributed by atoms with van der Waals surface area (Å²) >= 11 is 0. The molecule has 0 spiro atoms. The number of nitrogens with one attached hydrogen (secondary N) is 2. The van der Waals surface area contributed by atoms with Crippen molar-refractivity contribution in [3.05, 3.63) is 0 Å². The molecule has 0 aliphatic carbocycles. The SMILES string of the molecule is CCCC(C)(C)NCC(=O)NC1CCOCC1. The van der Waals surface area contributed by atoms with E-state index in [1.165, 1.54) is 0 Å². The van der Waals surface area contributed by atoms with Crippen LogP contribution in [0.5, 0.6) is 0 Å². The maximum absolute atomic E-state index is 11.7. The molecule has 1 saturated heterocycles. The van der Waals surface area contributed by atoms with E-state index in [0.717, 1.165) is 38.9 Å². The highest BCUT2D eigenvalue weighted by atomic mass is 16.5. The second kappa shape index (κ2) is 6.97. The molecule has 1 aliphatic rings. The van der Waals surface area contributed by atoms with E-state index in [1.807, 2.05) is 0 Å². The van der Waals surface area contributed by atoms with Crippen LogP contribution in [0.15, 0.2) is 0 Å². The molecule has 100 valence electrons. The highest BCUT2D eigenvalue weighted by Crippen LogP contribution is 2.10. The molecule has 0 aromatic carbocycles. The predicted molar refractivity (Wildman–Crippen MR) is 69.0 cm³/mol. The quantitative estimate of drug-likeness (QED) is 0.741. The fraction of sp³-hybridized carbons (Fsp3) is 0.923. The molecule has 1 rings (SSSR count). The molecule has 4 nitrogen and oxygen atoms in total. The molecule has 17 heavy (non-hydrogen) atoms. The molecule has 0 bridgehead atoms. The zero-order valence-electron chi connectivity index (χ0n) is 11.3. The van der Waals surface area contributed by atoms with E-state index in [9.17, 15) is 4.79 Å². The lowest BCUT2D eigenvalue weighted by Crippen LogP contribution is -2.48. The van der Waals surface area contributed by atoms with Gasteiger partial charge >= 0.3 is 0 Å². The first-order valence-corrected chi connectivity index (χ1v) is 6.65. The van der Waals surface area contributed by atoms with Crippen LogP contribution in [0.3, 0.4) is 0 Å². The fourth-order valence-electron chi connectivity index (χ4n) is 2.15. The molecule has 1 aliphatic heterocycles. The molecule has 1 amide bonds. The van der Waals surface area contributed by atoms with Crippen molar-refractivity contribution in [1.82, 2.24) is 10.6 Å². The number of ether oxygens (including phenoxy) is 1. The lowest BCUT2D eigenvalue weighted by molar-refractivity contribution is -0.121. The molecule has 0 unspecified atom stereocenters. The van der Waals surface area contributed by atoms with Gasteiger partial charge in [-0.1, -0.05) is 13.3 Å². The Morgan fingerprint density at radius 1 is 1.35 bits per heavy atom. The standard InChI is InChI=1S/C13H26N2O2/c1-4-7-13(2,3)14-10-12(16)15-11-5-8-17-9-6-11/h11,14H,4-10H2,1-3H3,(H,15,16). The molecular formula is C13H26N2O2. The smallest absolute Gasteiger partial charge is 0.234 e. The van der Waals surface area contributed by atoms with Gasteiger partial charge in [0.15, 0.2) is 0 Å². The Hall–Kier alpha value is -0.610. The third-order valence-electron chi connectivity index (χ3n) is 3.19. The number of hydrogen-bond acceptors (Lipinski definition) is 3. The van der Waals surface area contributed by atoms with Crippen molar-refractivity contribution in [3.63, 3.8) is 0 Å². The van der Waals surface area contributed by atoms with E-state index in [4.69, 9.17) is 4.74 Å². The van der Waals surface area contributed by atoms with Crippen molar-refractivity contribution in [2.75, 3.05) is 19.8 Å². The summed E-state index contributed by atoms with van der Waals surface area (Å²) in [5, 5.41) is 6.36. The van der Waals surface area contributed by atoms with Crippen molar-refractivity contribution in [2.24, 2.45) is 0 Å². The van der Waals surface area contributed by atoms with Crippen molar-refractivity contribution in [1.29, 1.82) is 0 Å². The maximum atomic E-state index is 11.7. The molecule has 0 saturated carbocycles. The van der Waals surface area contributed by atoms with Crippen molar-refractivity contribution >= 4 is 5.91 Å². The molecular weight excluding hydrogens is 216 g/mol. The van der Waals surface area contributed by atoms with Gasteiger partial charge in [0.1, 0.15) is 0 Å². The minimum atomic E-state index is 0.0434. The van der Waals surface area contributed by atoms with Crippen molar-refractivity contribution in [3.8, 4) is 0 Å². The highest BCUT2D eigenvalue weighted by Gasteiger charge is 2.19. The first-order valence-electron chi connectivity index (χ1n) is 6.65. The molecule has 4 heteroatoms. The van der Waals surface area contributed by atoms with Gasteiger partial charge in [-0.05, 0) is 33.1 Å². The van der Waals surface area contributed by atoms with Gasteiger partial charge < -0.3 is 15.4 Å². The average molecular weight is 242 g/mol. The zero-order chi connectivity index (χ0) is 12.7. The predicted octanol–water partition coefficient (Wildman–Crippen LogP) is 1.45. The third kappa shape index (κ3) is 6.03. The van der Waals surface area contributed by atoms with Crippen LogP contribution in [0, 0.1) is 0 Å². The van der Waals surface area contributed by atoms with E-state index in [0.29, 0.717) is 12.6 Å². The number of rotatable bonds is 6. The Labute approximate surface area is 104 Å². The van der Waals surface area contributed by atoms with Crippen LogP contribution in [0.1, 0.15) is 46.5 Å². The number of carbonyl (C=O) groups is 1. The van der Waals surface area contributed by atoms with Crippen LogP contribution in [0.25, 0.3) is 0 Å². The monoisotopic (exact) mass is 242 g/mol. The Bertz CT molecular complexity index is 236. The van der Waals surface area contributed by atoms with Crippen LogP contribution in [-0.4, -0.2) is 37.2 Å². The third-order valence-corrected chi connectivity index (χ3v) is 3.19. The lowest BCUT2D eigenvalue weighted by atomic mass is 9.99. The molecule has 1 heterocycles. The summed E-state index contributed by atoms with van der Waals surface area (Å²) in [6.45, 7) is 8.37. The van der Waals surface area contributed by atoms with Gasteiger partial charge in [-0.15, -0.1) is 0 Å². The van der Waals surface area contributed by atoms with Crippen molar-refractivity contribution < 1.29 is 9.53 Å². The van der Waals surface area contributed by atoms with Gasteiger partial charge in [0.2, 0.25) is 5.91 Å². The first-order chi connectivity index (χ1) is 8.03.